The average molecular weight is 421 g/mol. The predicted octanol–water partition coefficient (Wildman–Crippen LogP) is 4.21. The highest BCUT2D eigenvalue weighted by Gasteiger charge is 2.48. The van der Waals surface area contributed by atoms with Crippen LogP contribution in [0.3, 0.4) is 0 Å². The molecule has 0 radical (unpaired) electrons. The Morgan fingerprint density at radius 3 is 2.46 bits per heavy atom. The second-order valence-corrected chi connectivity index (χ2v) is 9.80. The molecule has 0 bridgehead atoms. The van der Waals surface area contributed by atoms with E-state index in [0.717, 1.165) is 38.0 Å². The molecule has 0 amide bonds. The van der Waals surface area contributed by atoms with Gasteiger partial charge >= 0.3 is 0 Å². The Hall–Kier alpha value is -1.89. The maximum absolute atomic E-state index is 14.1. The number of hydrogen-bond acceptors (Lipinski definition) is 3. The first-order valence-corrected chi connectivity index (χ1v) is 11.1. The summed E-state index contributed by atoms with van der Waals surface area (Å²) in [5.74, 6) is -0.336. The zero-order chi connectivity index (χ0) is 19.9. The Kier molecular flexibility index (Phi) is 4.98. The summed E-state index contributed by atoms with van der Waals surface area (Å²) in [6.07, 6.45) is 3.44. The van der Waals surface area contributed by atoms with Crippen molar-refractivity contribution in [2.75, 3.05) is 30.5 Å². The van der Waals surface area contributed by atoms with Gasteiger partial charge in [-0.05, 0) is 74.0 Å². The lowest BCUT2D eigenvalue weighted by molar-refractivity contribution is 0.182. The maximum Gasteiger partial charge on any atom is 0.264 e. The smallest absolute Gasteiger partial charge is 0.264 e. The molecular formula is C21H22ClFN2O2S. The number of likely N-dealkylation sites (tertiary alicyclic amines) is 1. The van der Waals surface area contributed by atoms with Crippen molar-refractivity contribution in [3.63, 3.8) is 0 Å². The summed E-state index contributed by atoms with van der Waals surface area (Å²) in [6.45, 7) is 6.58. The van der Waals surface area contributed by atoms with Crippen LogP contribution in [0.5, 0.6) is 0 Å². The summed E-state index contributed by atoms with van der Waals surface area (Å²) in [5, 5.41) is 0.480. The molecule has 4 nitrogen and oxygen atoms in total. The van der Waals surface area contributed by atoms with Gasteiger partial charge in [0.1, 0.15) is 5.82 Å². The molecule has 0 saturated carbocycles. The summed E-state index contributed by atoms with van der Waals surface area (Å²) in [7, 11) is -3.76. The fourth-order valence-electron chi connectivity index (χ4n) is 4.32. The van der Waals surface area contributed by atoms with Gasteiger partial charge in [-0.2, -0.15) is 0 Å². The first kappa shape index (κ1) is 19.4. The molecular weight excluding hydrogens is 399 g/mol. The van der Waals surface area contributed by atoms with E-state index in [-0.39, 0.29) is 16.1 Å². The van der Waals surface area contributed by atoms with Gasteiger partial charge in [0.25, 0.3) is 10.0 Å². The molecule has 0 N–H and O–H groups in total. The van der Waals surface area contributed by atoms with E-state index in [2.05, 4.69) is 11.5 Å². The number of fused-ring (bicyclic) bond motifs is 2. The number of nitrogens with zero attached hydrogens (tertiary/aromatic N) is 2. The molecule has 1 fully saturated rings. The van der Waals surface area contributed by atoms with Gasteiger partial charge < -0.3 is 0 Å². The normalized spacial score (nSPS) is 19.0. The fourth-order valence-corrected chi connectivity index (χ4v) is 6.01. The highest BCUT2D eigenvalue weighted by atomic mass is 35.5. The maximum atomic E-state index is 14.1. The van der Waals surface area contributed by atoms with Crippen LogP contribution < -0.4 is 4.31 Å². The van der Waals surface area contributed by atoms with Crippen molar-refractivity contribution < 1.29 is 12.8 Å². The van der Waals surface area contributed by atoms with Crippen LogP contribution >= 0.6 is 11.6 Å². The summed E-state index contributed by atoms with van der Waals surface area (Å²) in [4.78, 5) is 2.47. The Labute approximate surface area is 170 Å². The molecule has 148 valence electrons. The number of anilines is 1. The van der Waals surface area contributed by atoms with E-state index in [1.807, 2.05) is 6.08 Å². The highest BCUT2D eigenvalue weighted by molar-refractivity contribution is 7.92. The van der Waals surface area contributed by atoms with Gasteiger partial charge in [0.05, 0.1) is 10.6 Å². The van der Waals surface area contributed by atoms with E-state index >= 15 is 0 Å². The molecule has 2 aliphatic heterocycles. The van der Waals surface area contributed by atoms with Crippen LogP contribution in [0.2, 0.25) is 5.02 Å². The first-order valence-electron chi connectivity index (χ1n) is 9.27. The fraction of sp³-hybridized carbons (Fsp3) is 0.333. The molecule has 28 heavy (non-hydrogen) atoms. The number of rotatable bonds is 4. The number of hydrogen-bond donors (Lipinski definition) is 0. The quantitative estimate of drug-likeness (QED) is 0.696. The third-order valence-corrected chi connectivity index (χ3v) is 7.87. The molecule has 0 atom stereocenters. The Morgan fingerprint density at radius 2 is 1.82 bits per heavy atom. The molecule has 1 saturated heterocycles. The molecule has 2 aromatic carbocycles. The molecule has 4 rings (SSSR count). The molecule has 0 aliphatic carbocycles. The average Bonchev–Trinajstić information content (AvgIpc) is 2.99. The molecule has 0 aromatic heterocycles. The van der Waals surface area contributed by atoms with Crippen LogP contribution in [-0.4, -0.2) is 39.5 Å². The molecule has 7 heteroatoms. The third-order valence-electron chi connectivity index (χ3n) is 5.85. The van der Waals surface area contributed by atoms with Gasteiger partial charge in [-0.1, -0.05) is 17.7 Å². The van der Waals surface area contributed by atoms with Crippen LogP contribution in [0.4, 0.5) is 10.1 Å². The van der Waals surface area contributed by atoms with E-state index < -0.39 is 10.0 Å². The summed E-state index contributed by atoms with van der Waals surface area (Å²) in [6, 6.07) is 10.6. The van der Waals surface area contributed by atoms with Crippen LogP contribution in [-0.2, 0) is 15.4 Å². The third kappa shape index (κ3) is 3.23. The SMILES string of the molecule is C=CCN1CCC2(CC1)CN(S(=O)(=O)c1ccc(Cl)cc1)c1ccc(F)cc12. The van der Waals surface area contributed by atoms with Gasteiger partial charge in [0.2, 0.25) is 0 Å². The lowest BCUT2D eigenvalue weighted by Gasteiger charge is -2.39. The molecule has 2 aliphatic rings. The van der Waals surface area contributed by atoms with Gasteiger partial charge in [-0.25, -0.2) is 12.8 Å². The first-order chi connectivity index (χ1) is 13.4. The monoisotopic (exact) mass is 420 g/mol. The van der Waals surface area contributed by atoms with Crippen molar-refractivity contribution in [3.8, 4) is 0 Å². The summed E-state index contributed by atoms with van der Waals surface area (Å²) >= 11 is 5.91. The van der Waals surface area contributed by atoms with Gasteiger partial charge in [0, 0.05) is 23.5 Å². The van der Waals surface area contributed by atoms with Crippen LogP contribution in [0.25, 0.3) is 0 Å². The summed E-state index contributed by atoms with van der Waals surface area (Å²) in [5.41, 5.74) is 1.01. The number of sulfonamides is 1. The minimum Gasteiger partial charge on any atom is -0.300 e. The van der Waals surface area contributed by atoms with E-state index in [0.29, 0.717) is 17.3 Å². The standard InChI is InChI=1S/C21H22ClFN2O2S/c1-2-11-24-12-9-21(10-13-24)15-25(20-8-5-17(23)14-19(20)21)28(26,27)18-6-3-16(22)4-7-18/h2-8,14H,1,9-13,15H2. The Bertz CT molecular complexity index is 1000. The van der Waals surface area contributed by atoms with Crippen LogP contribution in [0.1, 0.15) is 18.4 Å². The topological polar surface area (TPSA) is 40.6 Å². The van der Waals surface area contributed by atoms with Crippen LogP contribution in [0, 0.1) is 5.82 Å². The summed E-state index contributed by atoms with van der Waals surface area (Å²) < 4.78 is 42.2. The van der Waals surface area contributed by atoms with Crippen molar-refractivity contribution in [1.82, 2.24) is 4.90 Å². The molecule has 0 unspecified atom stereocenters. The molecule has 1 spiro atoms. The minimum absolute atomic E-state index is 0.188. The zero-order valence-corrected chi connectivity index (χ0v) is 17.0. The van der Waals surface area contributed by atoms with Crippen molar-refractivity contribution in [2.45, 2.75) is 23.2 Å². The number of piperidine rings is 1. The lowest BCUT2D eigenvalue weighted by Crippen LogP contribution is -2.46. The van der Waals surface area contributed by atoms with E-state index in [4.69, 9.17) is 11.6 Å². The van der Waals surface area contributed by atoms with Crippen molar-refractivity contribution >= 4 is 27.3 Å². The zero-order valence-electron chi connectivity index (χ0n) is 15.4. The molecule has 2 aromatic rings. The highest BCUT2D eigenvalue weighted by Crippen LogP contribution is 2.49. The number of benzene rings is 2. The van der Waals surface area contributed by atoms with Gasteiger partial charge in [0.15, 0.2) is 0 Å². The van der Waals surface area contributed by atoms with Crippen molar-refractivity contribution in [2.24, 2.45) is 0 Å². The van der Waals surface area contributed by atoms with E-state index in [1.54, 1.807) is 18.2 Å². The minimum atomic E-state index is -3.76. The second kappa shape index (κ2) is 7.17. The second-order valence-electron chi connectivity index (χ2n) is 7.50. The predicted molar refractivity (Wildman–Crippen MR) is 110 cm³/mol. The Balaban J connectivity index is 1.74. The number of halogens is 2. The Morgan fingerprint density at radius 1 is 1.14 bits per heavy atom. The van der Waals surface area contributed by atoms with Gasteiger partial charge in [-0.3, -0.25) is 9.21 Å². The van der Waals surface area contributed by atoms with E-state index in [9.17, 15) is 12.8 Å². The van der Waals surface area contributed by atoms with Crippen molar-refractivity contribution in [1.29, 1.82) is 0 Å². The largest absolute Gasteiger partial charge is 0.300 e. The molecule has 2 heterocycles. The van der Waals surface area contributed by atoms with E-state index in [1.165, 1.54) is 28.6 Å². The van der Waals surface area contributed by atoms with Crippen molar-refractivity contribution in [3.05, 3.63) is 71.5 Å². The lowest BCUT2D eigenvalue weighted by atomic mass is 9.74. The van der Waals surface area contributed by atoms with Gasteiger partial charge in [-0.15, -0.1) is 6.58 Å². The van der Waals surface area contributed by atoms with Crippen LogP contribution in [0.15, 0.2) is 60.0 Å².